The predicted molar refractivity (Wildman–Crippen MR) is 105 cm³/mol. The predicted octanol–water partition coefficient (Wildman–Crippen LogP) is 1.38. The van der Waals surface area contributed by atoms with Crippen molar-refractivity contribution in [3.8, 4) is 0 Å². The number of hydrogen-bond acceptors (Lipinski definition) is 6. The van der Waals surface area contributed by atoms with E-state index in [-0.39, 0.29) is 12.0 Å². The molecule has 0 aromatic heterocycles. The molecule has 0 radical (unpaired) electrons. The Hall–Kier alpha value is -0.470. The van der Waals surface area contributed by atoms with Crippen molar-refractivity contribution < 1.29 is 9.90 Å². The number of thioether (sulfide) groups is 1. The summed E-state index contributed by atoms with van der Waals surface area (Å²) in [6.45, 7) is 1.45. The molecule has 134 valence electrons. The van der Waals surface area contributed by atoms with Gasteiger partial charge in [-0.15, -0.1) is 0 Å². The molecule has 0 bridgehead atoms. The Kier molecular flexibility index (Phi) is 14.8. The number of carbonyl (C=O) groups is 1. The van der Waals surface area contributed by atoms with Crippen LogP contribution in [-0.4, -0.2) is 61.1 Å². The van der Waals surface area contributed by atoms with Gasteiger partial charge in [0.15, 0.2) is 0 Å². The average Bonchev–Trinajstić information content (AvgIpc) is 2.53. The fourth-order valence-corrected chi connectivity index (χ4v) is 2.57. The van der Waals surface area contributed by atoms with Crippen molar-refractivity contribution in [2.24, 2.45) is 11.7 Å². The zero-order chi connectivity index (χ0) is 17.5. The summed E-state index contributed by atoms with van der Waals surface area (Å²) in [5.74, 6) is 0.948. The Morgan fingerprint density at radius 2 is 2.04 bits per heavy atom. The first kappa shape index (κ1) is 22.5. The molecule has 0 saturated heterocycles. The van der Waals surface area contributed by atoms with Gasteiger partial charge in [0, 0.05) is 30.8 Å². The van der Waals surface area contributed by atoms with Crippen molar-refractivity contribution in [1.29, 1.82) is 0 Å². The second-order valence-electron chi connectivity index (χ2n) is 5.34. The number of carboxylic acid groups (broad SMARTS) is 1. The SMILES string of the molecule is CNCC(/C=C\C/C=C/C(N)CS)CNC(CCSC)C(=O)O. The highest BCUT2D eigenvalue weighted by molar-refractivity contribution is 7.98. The van der Waals surface area contributed by atoms with Crippen molar-refractivity contribution in [3.63, 3.8) is 0 Å². The second-order valence-corrected chi connectivity index (χ2v) is 6.69. The van der Waals surface area contributed by atoms with Gasteiger partial charge in [0.2, 0.25) is 0 Å². The number of allylic oxidation sites excluding steroid dienone is 2. The van der Waals surface area contributed by atoms with Crippen molar-refractivity contribution in [1.82, 2.24) is 10.6 Å². The van der Waals surface area contributed by atoms with Gasteiger partial charge in [0.1, 0.15) is 6.04 Å². The van der Waals surface area contributed by atoms with Crippen LogP contribution in [-0.2, 0) is 4.79 Å². The van der Waals surface area contributed by atoms with Crippen LogP contribution in [0.25, 0.3) is 0 Å². The van der Waals surface area contributed by atoms with Crippen LogP contribution in [0, 0.1) is 5.92 Å². The number of hydrogen-bond donors (Lipinski definition) is 5. The molecule has 3 unspecified atom stereocenters. The van der Waals surface area contributed by atoms with E-state index in [1.165, 1.54) is 0 Å². The summed E-state index contributed by atoms with van der Waals surface area (Å²) < 4.78 is 0. The molecule has 0 rings (SSSR count). The molecule has 0 fully saturated rings. The molecule has 5 N–H and O–H groups in total. The Bertz CT molecular complexity index is 365. The van der Waals surface area contributed by atoms with Crippen LogP contribution in [0.1, 0.15) is 12.8 Å². The molecule has 0 heterocycles. The summed E-state index contributed by atoms with van der Waals surface area (Å²) in [6.07, 6.45) is 11.6. The average molecular weight is 362 g/mol. The van der Waals surface area contributed by atoms with Crippen molar-refractivity contribution in [2.75, 3.05) is 37.9 Å². The third-order valence-corrected chi connectivity index (χ3v) is 4.34. The van der Waals surface area contributed by atoms with Crippen LogP contribution < -0.4 is 16.4 Å². The van der Waals surface area contributed by atoms with E-state index in [2.05, 4.69) is 35.4 Å². The zero-order valence-electron chi connectivity index (χ0n) is 14.1. The normalized spacial score (nSPS) is 16.0. The molecule has 0 aliphatic rings. The summed E-state index contributed by atoms with van der Waals surface area (Å²) in [6, 6.07) is -0.488. The summed E-state index contributed by atoms with van der Waals surface area (Å²) in [7, 11) is 1.90. The summed E-state index contributed by atoms with van der Waals surface area (Å²) in [5.41, 5.74) is 5.75. The molecule has 0 aliphatic carbocycles. The molecule has 7 heteroatoms. The Morgan fingerprint density at radius 1 is 1.35 bits per heavy atom. The lowest BCUT2D eigenvalue weighted by atomic mass is 10.1. The van der Waals surface area contributed by atoms with Crippen LogP contribution in [0.5, 0.6) is 0 Å². The second kappa shape index (κ2) is 15.1. The highest BCUT2D eigenvalue weighted by Crippen LogP contribution is 2.04. The molecule has 0 amide bonds. The summed E-state index contributed by atoms with van der Waals surface area (Å²) >= 11 is 5.79. The molecule has 3 atom stereocenters. The monoisotopic (exact) mass is 361 g/mol. The van der Waals surface area contributed by atoms with Crippen molar-refractivity contribution >= 4 is 30.4 Å². The fourth-order valence-electron chi connectivity index (χ4n) is 1.98. The van der Waals surface area contributed by atoms with Crippen LogP contribution in [0.2, 0.25) is 0 Å². The topological polar surface area (TPSA) is 87.4 Å². The van der Waals surface area contributed by atoms with Crippen molar-refractivity contribution in [3.05, 3.63) is 24.3 Å². The summed E-state index contributed by atoms with van der Waals surface area (Å²) in [5, 5.41) is 15.5. The van der Waals surface area contributed by atoms with Gasteiger partial charge >= 0.3 is 5.97 Å². The first-order valence-electron chi connectivity index (χ1n) is 7.84. The Balaban J connectivity index is 4.32. The molecule has 23 heavy (non-hydrogen) atoms. The van der Waals surface area contributed by atoms with Crippen LogP contribution in [0.4, 0.5) is 0 Å². The molecule has 0 saturated carbocycles. The maximum atomic E-state index is 11.2. The van der Waals surface area contributed by atoms with Crippen LogP contribution >= 0.6 is 24.4 Å². The van der Waals surface area contributed by atoms with Gasteiger partial charge in [-0.2, -0.15) is 24.4 Å². The van der Waals surface area contributed by atoms with Gasteiger partial charge in [-0.05, 0) is 31.9 Å². The molecule has 0 aromatic rings. The van der Waals surface area contributed by atoms with Crippen molar-refractivity contribution in [2.45, 2.75) is 24.9 Å². The van der Waals surface area contributed by atoms with Crippen LogP contribution in [0.15, 0.2) is 24.3 Å². The highest BCUT2D eigenvalue weighted by Gasteiger charge is 2.17. The smallest absolute Gasteiger partial charge is 0.320 e. The number of rotatable bonds is 14. The van der Waals surface area contributed by atoms with E-state index in [1.807, 2.05) is 25.5 Å². The Labute approximate surface area is 150 Å². The minimum atomic E-state index is -0.782. The number of thiol groups is 1. The Morgan fingerprint density at radius 3 is 2.61 bits per heavy atom. The van der Waals surface area contributed by atoms with E-state index in [9.17, 15) is 9.90 Å². The minimum Gasteiger partial charge on any atom is -0.480 e. The van der Waals surface area contributed by atoms with Gasteiger partial charge in [-0.1, -0.05) is 24.3 Å². The molecular formula is C16H31N3O2S2. The lowest BCUT2D eigenvalue weighted by Crippen LogP contribution is -2.41. The number of nitrogens with two attached hydrogens (primary N) is 1. The zero-order valence-corrected chi connectivity index (χ0v) is 15.8. The maximum Gasteiger partial charge on any atom is 0.320 e. The van der Waals surface area contributed by atoms with Gasteiger partial charge in [-0.25, -0.2) is 0 Å². The fraction of sp³-hybridized carbons (Fsp3) is 0.688. The van der Waals surface area contributed by atoms with E-state index in [0.29, 0.717) is 18.7 Å². The molecular weight excluding hydrogens is 330 g/mol. The third kappa shape index (κ3) is 12.6. The van der Waals surface area contributed by atoms with E-state index >= 15 is 0 Å². The first-order chi connectivity index (χ1) is 11.0. The lowest BCUT2D eigenvalue weighted by Gasteiger charge is -2.18. The quantitative estimate of drug-likeness (QED) is 0.237. The molecule has 0 aromatic carbocycles. The van der Waals surface area contributed by atoms with Gasteiger partial charge in [-0.3, -0.25) is 4.79 Å². The number of aliphatic carboxylic acids is 1. The molecule has 5 nitrogen and oxygen atoms in total. The van der Waals surface area contributed by atoms with Gasteiger partial charge in [0.25, 0.3) is 0 Å². The van der Waals surface area contributed by atoms with E-state index in [1.54, 1.807) is 11.8 Å². The van der Waals surface area contributed by atoms with E-state index < -0.39 is 12.0 Å². The van der Waals surface area contributed by atoms with E-state index in [0.717, 1.165) is 18.7 Å². The standard InChI is InChI=1S/C16H31N3O2S2/c1-18-10-13(6-4-3-5-7-14(17)12-22)11-19-15(16(20)21)8-9-23-2/h4-7,13-15,18-19,22H,3,8-12,17H2,1-2H3,(H,20,21)/b6-4-,7-5+. The largest absolute Gasteiger partial charge is 0.480 e. The van der Waals surface area contributed by atoms with Gasteiger partial charge < -0.3 is 21.5 Å². The number of nitrogens with one attached hydrogen (secondary N) is 2. The molecule has 0 spiro atoms. The summed E-state index contributed by atoms with van der Waals surface area (Å²) in [4.78, 5) is 11.2. The van der Waals surface area contributed by atoms with Gasteiger partial charge in [0.05, 0.1) is 0 Å². The van der Waals surface area contributed by atoms with E-state index in [4.69, 9.17) is 5.73 Å². The highest BCUT2D eigenvalue weighted by atomic mass is 32.2. The third-order valence-electron chi connectivity index (χ3n) is 3.28. The minimum absolute atomic E-state index is 0.00531. The maximum absolute atomic E-state index is 11.2. The van der Waals surface area contributed by atoms with Crippen LogP contribution in [0.3, 0.4) is 0 Å². The molecule has 0 aliphatic heterocycles. The number of carboxylic acids is 1. The lowest BCUT2D eigenvalue weighted by molar-refractivity contribution is -0.139. The first-order valence-corrected chi connectivity index (χ1v) is 9.87.